The predicted octanol–water partition coefficient (Wildman–Crippen LogP) is 3.12. The summed E-state index contributed by atoms with van der Waals surface area (Å²) in [7, 11) is 1.80. The number of guanidine groups is 1. The summed E-state index contributed by atoms with van der Waals surface area (Å²) in [5, 5.41) is 10.9. The SMILES string of the molecule is CCC(CC)c1cc(CNC(=NC)NCCCCN2CCCC2)on1. The van der Waals surface area contributed by atoms with E-state index < -0.39 is 0 Å². The number of likely N-dealkylation sites (tertiary alicyclic amines) is 1. The van der Waals surface area contributed by atoms with Crippen LogP contribution >= 0.6 is 0 Å². The fourth-order valence-corrected chi connectivity index (χ4v) is 3.38. The monoisotopic (exact) mass is 349 g/mol. The number of hydrogen-bond acceptors (Lipinski definition) is 4. The Morgan fingerprint density at radius 3 is 2.68 bits per heavy atom. The third kappa shape index (κ3) is 6.69. The molecule has 2 N–H and O–H groups in total. The van der Waals surface area contributed by atoms with Gasteiger partial charge in [0.15, 0.2) is 11.7 Å². The highest BCUT2D eigenvalue weighted by Crippen LogP contribution is 2.22. The van der Waals surface area contributed by atoms with E-state index in [0.717, 1.165) is 36.8 Å². The molecule has 1 aliphatic rings. The zero-order valence-electron chi connectivity index (χ0n) is 16.2. The summed E-state index contributed by atoms with van der Waals surface area (Å²) in [5.41, 5.74) is 1.06. The molecule has 25 heavy (non-hydrogen) atoms. The van der Waals surface area contributed by atoms with E-state index in [-0.39, 0.29) is 0 Å². The molecule has 0 saturated carbocycles. The van der Waals surface area contributed by atoms with Crippen LogP contribution in [0.1, 0.15) is 69.7 Å². The Balaban J connectivity index is 1.62. The van der Waals surface area contributed by atoms with Gasteiger partial charge in [0.25, 0.3) is 0 Å². The Labute approximate surface area is 152 Å². The topological polar surface area (TPSA) is 65.7 Å². The minimum Gasteiger partial charge on any atom is -0.359 e. The van der Waals surface area contributed by atoms with Crippen LogP contribution in [0.25, 0.3) is 0 Å². The van der Waals surface area contributed by atoms with Crippen molar-refractivity contribution in [3.8, 4) is 0 Å². The van der Waals surface area contributed by atoms with Crippen LogP contribution in [-0.2, 0) is 6.54 Å². The third-order valence-electron chi connectivity index (χ3n) is 5.03. The number of nitrogens with zero attached hydrogens (tertiary/aromatic N) is 3. The molecule has 1 aromatic heterocycles. The molecule has 0 amide bonds. The van der Waals surface area contributed by atoms with Crippen molar-refractivity contribution in [2.45, 2.75) is 64.8 Å². The highest BCUT2D eigenvalue weighted by molar-refractivity contribution is 5.79. The summed E-state index contributed by atoms with van der Waals surface area (Å²) in [6, 6.07) is 2.06. The molecule has 0 spiro atoms. The maximum absolute atomic E-state index is 5.44. The predicted molar refractivity (Wildman–Crippen MR) is 103 cm³/mol. The molecule has 6 heteroatoms. The second kappa shape index (κ2) is 11.1. The molecule has 1 saturated heterocycles. The van der Waals surface area contributed by atoms with Crippen LogP contribution in [0.4, 0.5) is 0 Å². The molecule has 2 rings (SSSR count). The Kier molecular flexibility index (Phi) is 8.80. The largest absolute Gasteiger partial charge is 0.359 e. The summed E-state index contributed by atoms with van der Waals surface area (Å²) in [6.45, 7) is 9.74. The molecule has 1 aliphatic heterocycles. The van der Waals surface area contributed by atoms with E-state index in [1.54, 1.807) is 7.05 Å². The number of rotatable bonds is 10. The average Bonchev–Trinajstić information content (AvgIpc) is 3.30. The van der Waals surface area contributed by atoms with Crippen molar-refractivity contribution in [2.24, 2.45) is 4.99 Å². The maximum atomic E-state index is 5.44. The first-order valence-corrected chi connectivity index (χ1v) is 9.89. The quantitative estimate of drug-likeness (QED) is 0.386. The number of nitrogens with one attached hydrogen (secondary N) is 2. The highest BCUT2D eigenvalue weighted by Gasteiger charge is 2.13. The van der Waals surface area contributed by atoms with Crippen LogP contribution in [0.2, 0.25) is 0 Å². The number of hydrogen-bond donors (Lipinski definition) is 2. The fraction of sp³-hybridized carbons (Fsp3) is 0.789. The third-order valence-corrected chi connectivity index (χ3v) is 5.03. The molecule has 0 radical (unpaired) electrons. The Morgan fingerprint density at radius 2 is 2.00 bits per heavy atom. The van der Waals surface area contributed by atoms with Crippen LogP contribution in [-0.4, -0.2) is 49.2 Å². The molecule has 0 bridgehead atoms. The van der Waals surface area contributed by atoms with E-state index in [9.17, 15) is 0 Å². The zero-order chi connectivity index (χ0) is 17.9. The van der Waals surface area contributed by atoms with Crippen molar-refractivity contribution in [3.63, 3.8) is 0 Å². The highest BCUT2D eigenvalue weighted by atomic mass is 16.5. The smallest absolute Gasteiger partial charge is 0.191 e. The summed E-state index contributed by atoms with van der Waals surface area (Å²) in [5.74, 6) is 2.17. The maximum Gasteiger partial charge on any atom is 0.191 e. The van der Waals surface area contributed by atoms with Crippen molar-refractivity contribution >= 4 is 5.96 Å². The summed E-state index contributed by atoms with van der Waals surface area (Å²) in [4.78, 5) is 6.84. The molecule has 2 heterocycles. The number of aliphatic imine (C=N–C) groups is 1. The lowest BCUT2D eigenvalue weighted by atomic mass is 9.99. The van der Waals surface area contributed by atoms with Gasteiger partial charge in [0.2, 0.25) is 0 Å². The van der Waals surface area contributed by atoms with Gasteiger partial charge in [0.05, 0.1) is 12.2 Å². The molecule has 142 valence electrons. The van der Waals surface area contributed by atoms with Crippen molar-refractivity contribution in [1.29, 1.82) is 0 Å². The van der Waals surface area contributed by atoms with Crippen molar-refractivity contribution in [3.05, 3.63) is 17.5 Å². The lowest BCUT2D eigenvalue weighted by Gasteiger charge is -2.15. The van der Waals surface area contributed by atoms with Gasteiger partial charge in [-0.15, -0.1) is 0 Å². The molecular weight excluding hydrogens is 314 g/mol. The number of unbranched alkanes of at least 4 members (excludes halogenated alkanes) is 1. The second-order valence-corrected chi connectivity index (χ2v) is 6.84. The van der Waals surface area contributed by atoms with Gasteiger partial charge in [-0.25, -0.2) is 0 Å². The first-order chi connectivity index (χ1) is 12.3. The van der Waals surface area contributed by atoms with Crippen LogP contribution in [0.3, 0.4) is 0 Å². The van der Waals surface area contributed by atoms with E-state index in [1.807, 2.05) is 0 Å². The second-order valence-electron chi connectivity index (χ2n) is 6.84. The molecule has 0 atom stereocenters. The fourth-order valence-electron chi connectivity index (χ4n) is 3.38. The molecule has 0 aromatic carbocycles. The molecule has 0 aliphatic carbocycles. The molecule has 0 unspecified atom stereocenters. The summed E-state index contributed by atoms with van der Waals surface area (Å²) >= 11 is 0. The van der Waals surface area contributed by atoms with Gasteiger partial charge in [0, 0.05) is 25.6 Å². The van der Waals surface area contributed by atoms with Gasteiger partial charge in [-0.2, -0.15) is 0 Å². The molecule has 1 fully saturated rings. The van der Waals surface area contributed by atoms with E-state index in [2.05, 4.69) is 45.6 Å². The van der Waals surface area contributed by atoms with E-state index >= 15 is 0 Å². The summed E-state index contributed by atoms with van der Waals surface area (Å²) < 4.78 is 5.44. The minimum absolute atomic E-state index is 0.491. The molecule has 6 nitrogen and oxygen atoms in total. The van der Waals surface area contributed by atoms with Gasteiger partial charge in [-0.3, -0.25) is 4.99 Å². The van der Waals surface area contributed by atoms with Crippen molar-refractivity contribution < 1.29 is 4.52 Å². The van der Waals surface area contributed by atoms with E-state index in [4.69, 9.17) is 4.52 Å². The standard InChI is InChI=1S/C19H35N5O/c1-4-16(5-2)18-14-17(25-23-18)15-22-19(20-3)21-10-6-7-11-24-12-8-9-13-24/h14,16H,4-13,15H2,1-3H3,(H2,20,21,22). The first kappa shape index (κ1) is 19.8. The van der Waals surface area contributed by atoms with E-state index in [0.29, 0.717) is 12.5 Å². The van der Waals surface area contributed by atoms with Gasteiger partial charge in [-0.1, -0.05) is 19.0 Å². The van der Waals surface area contributed by atoms with Crippen LogP contribution in [0, 0.1) is 0 Å². The lowest BCUT2D eigenvalue weighted by molar-refractivity contribution is 0.330. The average molecular weight is 350 g/mol. The lowest BCUT2D eigenvalue weighted by Crippen LogP contribution is -2.37. The number of aromatic nitrogens is 1. The summed E-state index contributed by atoms with van der Waals surface area (Å²) in [6.07, 6.45) is 7.33. The Hall–Kier alpha value is -1.56. The van der Waals surface area contributed by atoms with Crippen LogP contribution < -0.4 is 10.6 Å². The Morgan fingerprint density at radius 1 is 1.24 bits per heavy atom. The van der Waals surface area contributed by atoms with Crippen molar-refractivity contribution in [1.82, 2.24) is 20.7 Å². The van der Waals surface area contributed by atoms with Gasteiger partial charge >= 0.3 is 0 Å². The van der Waals surface area contributed by atoms with Crippen molar-refractivity contribution in [2.75, 3.05) is 33.2 Å². The molecule has 1 aromatic rings. The normalized spacial score (nSPS) is 15.9. The van der Waals surface area contributed by atoms with E-state index in [1.165, 1.54) is 45.3 Å². The minimum atomic E-state index is 0.491. The first-order valence-electron chi connectivity index (χ1n) is 9.89. The zero-order valence-corrected chi connectivity index (χ0v) is 16.2. The Bertz CT molecular complexity index is 504. The van der Waals surface area contributed by atoms with Gasteiger partial charge < -0.3 is 20.1 Å². The van der Waals surface area contributed by atoms with Gasteiger partial charge in [0.1, 0.15) is 0 Å². The van der Waals surface area contributed by atoms with Crippen LogP contribution in [0.5, 0.6) is 0 Å². The van der Waals surface area contributed by atoms with Crippen LogP contribution in [0.15, 0.2) is 15.6 Å². The molecular formula is C19H35N5O. The van der Waals surface area contributed by atoms with Gasteiger partial charge in [-0.05, 0) is 58.2 Å².